The molecular formula is C36H22N2O. The topological polar surface area (TPSA) is 23.0 Å². The van der Waals surface area contributed by atoms with E-state index >= 15 is 0 Å². The van der Waals surface area contributed by atoms with Gasteiger partial charge in [0.1, 0.15) is 5.58 Å². The van der Waals surface area contributed by atoms with Crippen molar-refractivity contribution in [2.24, 2.45) is 0 Å². The summed E-state index contributed by atoms with van der Waals surface area (Å²) in [5.74, 6) is 0. The molecule has 0 spiro atoms. The van der Waals surface area contributed by atoms with Gasteiger partial charge in [0, 0.05) is 43.7 Å². The van der Waals surface area contributed by atoms with Crippen LogP contribution in [0.5, 0.6) is 0 Å². The van der Waals surface area contributed by atoms with Gasteiger partial charge in [0.2, 0.25) is 0 Å². The normalized spacial score (nSPS) is 12.1. The highest BCUT2D eigenvalue weighted by atomic mass is 16.3. The van der Waals surface area contributed by atoms with Crippen molar-refractivity contribution >= 4 is 65.6 Å². The molecule has 0 aliphatic rings. The highest BCUT2D eigenvalue weighted by molar-refractivity contribution is 6.21. The van der Waals surface area contributed by atoms with Gasteiger partial charge in [-0.05, 0) is 54.6 Å². The van der Waals surface area contributed by atoms with Crippen molar-refractivity contribution in [3.63, 3.8) is 0 Å². The van der Waals surface area contributed by atoms with Crippen LogP contribution in [0.4, 0.5) is 0 Å². The maximum atomic E-state index is 6.51. The number of aromatic nitrogens is 2. The molecule has 0 radical (unpaired) electrons. The molecule has 0 saturated carbocycles. The molecule has 3 nitrogen and oxygen atoms in total. The molecule has 0 atom stereocenters. The zero-order valence-corrected chi connectivity index (χ0v) is 21.0. The molecule has 0 unspecified atom stereocenters. The molecule has 3 heterocycles. The molecule has 9 rings (SSSR count). The number of benzene rings is 6. The molecule has 9 aromatic rings. The minimum absolute atomic E-state index is 0.915. The minimum Gasteiger partial charge on any atom is -0.454 e. The van der Waals surface area contributed by atoms with E-state index in [2.05, 4.69) is 137 Å². The Labute approximate surface area is 223 Å². The number of hydrogen-bond acceptors (Lipinski definition) is 1. The summed E-state index contributed by atoms with van der Waals surface area (Å²) in [6, 6.07) is 47.6. The maximum absolute atomic E-state index is 6.51. The van der Waals surface area contributed by atoms with Crippen LogP contribution >= 0.6 is 0 Å². The van der Waals surface area contributed by atoms with Crippen LogP contribution in [0, 0.1) is 0 Å². The Morgan fingerprint density at radius 2 is 0.821 bits per heavy atom. The van der Waals surface area contributed by atoms with E-state index < -0.39 is 0 Å². The van der Waals surface area contributed by atoms with E-state index in [0.29, 0.717) is 0 Å². The average molecular weight is 499 g/mol. The van der Waals surface area contributed by atoms with Crippen LogP contribution in [0.25, 0.3) is 76.9 Å². The second-order valence-electron chi connectivity index (χ2n) is 10.2. The van der Waals surface area contributed by atoms with Gasteiger partial charge >= 0.3 is 0 Å². The minimum atomic E-state index is 0.915. The first-order valence-electron chi connectivity index (χ1n) is 13.3. The summed E-state index contributed by atoms with van der Waals surface area (Å²) < 4.78 is 11.2. The number of fused-ring (bicyclic) bond motifs is 10. The molecule has 0 bridgehead atoms. The summed E-state index contributed by atoms with van der Waals surface area (Å²) in [5.41, 5.74) is 8.80. The zero-order chi connectivity index (χ0) is 25.5. The van der Waals surface area contributed by atoms with Crippen LogP contribution in [0.2, 0.25) is 0 Å². The van der Waals surface area contributed by atoms with Crippen LogP contribution in [0.3, 0.4) is 0 Å². The van der Waals surface area contributed by atoms with Crippen LogP contribution in [0.15, 0.2) is 138 Å². The molecule has 182 valence electrons. The molecule has 0 aliphatic carbocycles. The van der Waals surface area contributed by atoms with Gasteiger partial charge in [-0.1, -0.05) is 78.9 Å². The Kier molecular flexibility index (Phi) is 4.05. The number of hydrogen-bond donors (Lipinski definition) is 0. The van der Waals surface area contributed by atoms with E-state index in [-0.39, 0.29) is 0 Å². The van der Waals surface area contributed by atoms with E-state index in [1.807, 2.05) is 6.07 Å². The van der Waals surface area contributed by atoms with Gasteiger partial charge in [0.05, 0.1) is 22.1 Å². The van der Waals surface area contributed by atoms with Crippen LogP contribution < -0.4 is 0 Å². The largest absolute Gasteiger partial charge is 0.454 e. The molecule has 39 heavy (non-hydrogen) atoms. The summed E-state index contributed by atoms with van der Waals surface area (Å²) >= 11 is 0. The van der Waals surface area contributed by atoms with Crippen LogP contribution in [0.1, 0.15) is 0 Å². The molecule has 0 N–H and O–H groups in total. The number of para-hydroxylation sites is 4. The number of rotatable bonds is 2. The first kappa shape index (κ1) is 20.7. The maximum Gasteiger partial charge on any atom is 0.160 e. The third kappa shape index (κ3) is 2.76. The summed E-state index contributed by atoms with van der Waals surface area (Å²) in [5, 5.41) is 7.25. The lowest BCUT2D eigenvalue weighted by atomic mass is 10.1. The fourth-order valence-electron chi connectivity index (χ4n) is 6.45. The second-order valence-corrected chi connectivity index (χ2v) is 10.2. The Bertz CT molecular complexity index is 2330. The van der Waals surface area contributed by atoms with Gasteiger partial charge in [0.15, 0.2) is 5.58 Å². The monoisotopic (exact) mass is 498 g/mol. The van der Waals surface area contributed by atoms with E-state index in [0.717, 1.165) is 38.8 Å². The van der Waals surface area contributed by atoms with Crippen LogP contribution in [-0.4, -0.2) is 9.13 Å². The Balaban J connectivity index is 1.33. The summed E-state index contributed by atoms with van der Waals surface area (Å²) in [7, 11) is 0. The molecule has 0 saturated heterocycles. The molecule has 0 aliphatic heterocycles. The van der Waals surface area contributed by atoms with Crippen LogP contribution in [-0.2, 0) is 0 Å². The Hall–Kier alpha value is -5.28. The molecule has 0 fully saturated rings. The zero-order valence-electron chi connectivity index (χ0n) is 21.0. The summed E-state index contributed by atoms with van der Waals surface area (Å²) in [4.78, 5) is 0. The molecule has 3 aromatic heterocycles. The van der Waals surface area contributed by atoms with Crippen molar-refractivity contribution in [3.8, 4) is 11.4 Å². The lowest BCUT2D eigenvalue weighted by Crippen LogP contribution is -1.97. The summed E-state index contributed by atoms with van der Waals surface area (Å²) in [6.45, 7) is 0. The van der Waals surface area contributed by atoms with E-state index in [1.54, 1.807) is 0 Å². The average Bonchev–Trinajstić information content (AvgIpc) is 3.65. The Morgan fingerprint density at radius 1 is 0.359 bits per heavy atom. The van der Waals surface area contributed by atoms with E-state index in [9.17, 15) is 0 Å². The van der Waals surface area contributed by atoms with Gasteiger partial charge in [-0.25, -0.2) is 0 Å². The fourth-order valence-corrected chi connectivity index (χ4v) is 6.45. The molecular weight excluding hydrogens is 476 g/mol. The van der Waals surface area contributed by atoms with Crippen molar-refractivity contribution < 1.29 is 4.42 Å². The first-order valence-corrected chi connectivity index (χ1v) is 13.3. The molecule has 0 amide bonds. The number of nitrogens with zero attached hydrogens (tertiary/aromatic N) is 2. The predicted octanol–water partition coefficient (Wildman–Crippen LogP) is 9.78. The second kappa shape index (κ2) is 7.62. The van der Waals surface area contributed by atoms with Gasteiger partial charge < -0.3 is 13.6 Å². The predicted molar refractivity (Wildman–Crippen MR) is 162 cm³/mol. The number of furan rings is 1. The lowest BCUT2D eigenvalue weighted by Gasteiger charge is -2.11. The van der Waals surface area contributed by atoms with Gasteiger partial charge in [-0.15, -0.1) is 0 Å². The third-order valence-corrected chi connectivity index (χ3v) is 8.13. The molecule has 6 aromatic carbocycles. The highest BCUT2D eigenvalue weighted by Crippen LogP contribution is 2.40. The lowest BCUT2D eigenvalue weighted by molar-refractivity contribution is 0.671. The standard InChI is InChI=1S/C36H22N2O/c1-5-13-31-25(9-1)26-10-2-6-14-32(26)37(31)23-17-19-24(20-18-23)38-33-15-7-3-11-27(33)29-21-22-30-28-12-4-8-16-34(28)39-36(30)35(29)38/h1-22H. The van der Waals surface area contributed by atoms with E-state index in [4.69, 9.17) is 4.42 Å². The smallest absolute Gasteiger partial charge is 0.160 e. The summed E-state index contributed by atoms with van der Waals surface area (Å²) in [6.07, 6.45) is 0. The quantitative estimate of drug-likeness (QED) is 0.233. The first-order chi connectivity index (χ1) is 19.4. The van der Waals surface area contributed by atoms with Crippen molar-refractivity contribution in [3.05, 3.63) is 133 Å². The SMILES string of the molecule is c1ccc2c(c1)oc1c2ccc2c3ccccc3n(-c3ccc(-n4c5ccccc5c5ccccc54)cc3)c21. The van der Waals surface area contributed by atoms with Gasteiger partial charge in [-0.2, -0.15) is 0 Å². The third-order valence-electron chi connectivity index (χ3n) is 8.13. The van der Waals surface area contributed by atoms with E-state index in [1.165, 1.54) is 38.1 Å². The van der Waals surface area contributed by atoms with Gasteiger partial charge in [-0.3, -0.25) is 0 Å². The van der Waals surface area contributed by atoms with Crippen molar-refractivity contribution in [2.75, 3.05) is 0 Å². The van der Waals surface area contributed by atoms with Crippen molar-refractivity contribution in [1.82, 2.24) is 9.13 Å². The van der Waals surface area contributed by atoms with Crippen molar-refractivity contribution in [2.45, 2.75) is 0 Å². The highest BCUT2D eigenvalue weighted by Gasteiger charge is 2.19. The Morgan fingerprint density at radius 3 is 1.46 bits per heavy atom. The van der Waals surface area contributed by atoms with Crippen molar-refractivity contribution in [1.29, 1.82) is 0 Å². The van der Waals surface area contributed by atoms with Gasteiger partial charge in [0.25, 0.3) is 0 Å². The molecule has 3 heteroatoms. The fraction of sp³-hybridized carbons (Fsp3) is 0.